The van der Waals surface area contributed by atoms with Crippen LogP contribution >= 0.6 is 0 Å². The van der Waals surface area contributed by atoms with Gasteiger partial charge >= 0.3 is 0 Å². The minimum Gasteiger partial charge on any atom is -0.357 e. The zero-order valence-electron chi connectivity index (χ0n) is 11.6. The molecule has 0 bridgehead atoms. The van der Waals surface area contributed by atoms with Gasteiger partial charge in [-0.3, -0.25) is 4.79 Å². The number of fused-ring (bicyclic) bond motifs is 1. The topological polar surface area (TPSA) is 70.2 Å². The van der Waals surface area contributed by atoms with Crippen molar-refractivity contribution in [1.29, 1.82) is 0 Å². The van der Waals surface area contributed by atoms with Crippen LogP contribution in [-0.2, 0) is 4.79 Å². The number of nitrogens with one attached hydrogen (secondary N) is 2. The Morgan fingerprint density at radius 1 is 1.35 bits per heavy atom. The van der Waals surface area contributed by atoms with Crippen LogP contribution in [0.4, 0.5) is 11.8 Å². The van der Waals surface area contributed by atoms with Gasteiger partial charge in [-0.2, -0.15) is 4.98 Å². The van der Waals surface area contributed by atoms with Crippen molar-refractivity contribution in [3.63, 3.8) is 0 Å². The Morgan fingerprint density at radius 2 is 2.15 bits per heavy atom. The number of nitrogens with zero attached hydrogens (tertiary/aromatic N) is 3. The monoisotopic (exact) mass is 271 g/mol. The lowest BCUT2D eigenvalue weighted by molar-refractivity contribution is -0.122. The molecule has 2 heterocycles. The number of piperazine rings is 1. The molecule has 6 nitrogen and oxygen atoms in total. The predicted octanol–water partition coefficient (Wildman–Crippen LogP) is 0.996. The van der Waals surface area contributed by atoms with E-state index < -0.39 is 0 Å². The van der Waals surface area contributed by atoms with Crippen molar-refractivity contribution in [2.45, 2.75) is 13.0 Å². The van der Waals surface area contributed by atoms with Crippen LogP contribution in [0.1, 0.15) is 6.92 Å². The minimum atomic E-state index is -0.230. The first-order valence-electron chi connectivity index (χ1n) is 6.69. The number of anilines is 2. The summed E-state index contributed by atoms with van der Waals surface area (Å²) in [4.78, 5) is 22.9. The molecule has 0 spiro atoms. The summed E-state index contributed by atoms with van der Waals surface area (Å²) >= 11 is 0. The van der Waals surface area contributed by atoms with Crippen molar-refractivity contribution in [1.82, 2.24) is 15.3 Å². The van der Waals surface area contributed by atoms with Crippen LogP contribution in [0.3, 0.4) is 0 Å². The molecular weight excluding hydrogens is 254 g/mol. The number of aromatic nitrogens is 2. The van der Waals surface area contributed by atoms with E-state index >= 15 is 0 Å². The first-order valence-corrected chi connectivity index (χ1v) is 6.69. The minimum absolute atomic E-state index is 0.0324. The number of benzene rings is 1. The molecule has 1 aliphatic rings. The van der Waals surface area contributed by atoms with E-state index in [0.29, 0.717) is 12.5 Å². The summed E-state index contributed by atoms with van der Waals surface area (Å²) in [7, 11) is 1.79. The average molecular weight is 271 g/mol. The molecule has 1 aromatic heterocycles. The van der Waals surface area contributed by atoms with Crippen molar-refractivity contribution in [2.75, 3.05) is 30.4 Å². The van der Waals surface area contributed by atoms with Crippen LogP contribution in [0.15, 0.2) is 24.3 Å². The van der Waals surface area contributed by atoms with E-state index in [1.165, 1.54) is 0 Å². The van der Waals surface area contributed by atoms with E-state index in [1.807, 2.05) is 36.1 Å². The largest absolute Gasteiger partial charge is 0.357 e. The van der Waals surface area contributed by atoms with Gasteiger partial charge in [-0.25, -0.2) is 4.98 Å². The second kappa shape index (κ2) is 4.96. The Bertz CT molecular complexity index is 657. The summed E-state index contributed by atoms with van der Waals surface area (Å²) in [6.07, 6.45) is 0. The fraction of sp³-hybridized carbons (Fsp3) is 0.357. The second-order valence-electron chi connectivity index (χ2n) is 4.80. The van der Waals surface area contributed by atoms with Gasteiger partial charge in [0.2, 0.25) is 11.9 Å². The molecule has 0 radical (unpaired) electrons. The van der Waals surface area contributed by atoms with Crippen LogP contribution in [0.25, 0.3) is 10.9 Å². The molecule has 1 unspecified atom stereocenters. The van der Waals surface area contributed by atoms with Gasteiger partial charge in [-0.15, -0.1) is 0 Å². The lowest BCUT2D eigenvalue weighted by atomic mass is 10.1. The maximum Gasteiger partial charge on any atom is 0.242 e. The van der Waals surface area contributed by atoms with Crippen molar-refractivity contribution in [3.05, 3.63) is 24.3 Å². The molecule has 2 aromatic rings. The molecule has 2 N–H and O–H groups in total. The van der Waals surface area contributed by atoms with Crippen LogP contribution < -0.4 is 15.5 Å². The normalized spacial score (nSPS) is 19.0. The standard InChI is InChI=1S/C14H17N5O/c1-9-13(20)16-7-8-19(9)12-10-5-3-4-6-11(10)17-14(15-2)18-12/h3-6,9H,7-8H2,1-2H3,(H,16,20)(H,15,17,18). The third-order valence-electron chi connectivity index (χ3n) is 3.58. The number of para-hydroxylation sites is 1. The summed E-state index contributed by atoms with van der Waals surface area (Å²) < 4.78 is 0. The first kappa shape index (κ1) is 12.7. The molecule has 1 amide bonds. The highest BCUT2D eigenvalue weighted by atomic mass is 16.2. The molecule has 104 valence electrons. The van der Waals surface area contributed by atoms with E-state index in [2.05, 4.69) is 20.6 Å². The number of hydrogen-bond acceptors (Lipinski definition) is 5. The van der Waals surface area contributed by atoms with Gasteiger partial charge in [0.25, 0.3) is 0 Å². The van der Waals surface area contributed by atoms with E-state index in [1.54, 1.807) is 7.05 Å². The Morgan fingerprint density at radius 3 is 2.95 bits per heavy atom. The quantitative estimate of drug-likeness (QED) is 0.852. The van der Waals surface area contributed by atoms with Gasteiger partial charge in [-0.05, 0) is 19.1 Å². The van der Waals surface area contributed by atoms with Gasteiger partial charge in [-0.1, -0.05) is 12.1 Å². The number of rotatable bonds is 2. The molecule has 6 heteroatoms. The number of hydrogen-bond donors (Lipinski definition) is 2. The number of carbonyl (C=O) groups is 1. The molecule has 3 rings (SSSR count). The van der Waals surface area contributed by atoms with Gasteiger partial charge in [0.15, 0.2) is 0 Å². The third kappa shape index (κ3) is 2.03. The van der Waals surface area contributed by atoms with Crippen LogP contribution in [0.5, 0.6) is 0 Å². The average Bonchev–Trinajstić information content (AvgIpc) is 2.49. The summed E-state index contributed by atoms with van der Waals surface area (Å²) in [5, 5.41) is 6.81. The first-order chi connectivity index (χ1) is 9.70. The van der Waals surface area contributed by atoms with E-state index in [-0.39, 0.29) is 11.9 Å². The lowest BCUT2D eigenvalue weighted by Gasteiger charge is -2.34. The molecule has 0 saturated carbocycles. The molecule has 0 aliphatic carbocycles. The predicted molar refractivity (Wildman–Crippen MR) is 78.9 cm³/mol. The Hall–Kier alpha value is -2.37. The fourth-order valence-corrected chi connectivity index (χ4v) is 2.46. The zero-order valence-corrected chi connectivity index (χ0v) is 11.6. The molecule has 1 atom stereocenters. The summed E-state index contributed by atoms with van der Waals surface area (Å²) in [6, 6.07) is 7.62. The van der Waals surface area contributed by atoms with Crippen molar-refractivity contribution < 1.29 is 4.79 Å². The Labute approximate surface area is 117 Å². The van der Waals surface area contributed by atoms with Gasteiger partial charge in [0.1, 0.15) is 11.9 Å². The number of carbonyl (C=O) groups excluding carboxylic acids is 1. The second-order valence-corrected chi connectivity index (χ2v) is 4.80. The SMILES string of the molecule is CNc1nc(N2CCNC(=O)C2C)c2ccccc2n1. The molecular formula is C14H17N5O. The van der Waals surface area contributed by atoms with E-state index in [9.17, 15) is 4.79 Å². The summed E-state index contributed by atoms with van der Waals surface area (Å²) in [5.41, 5.74) is 0.875. The van der Waals surface area contributed by atoms with Crippen molar-refractivity contribution in [2.24, 2.45) is 0 Å². The van der Waals surface area contributed by atoms with Crippen molar-refractivity contribution >= 4 is 28.6 Å². The van der Waals surface area contributed by atoms with Gasteiger partial charge in [0.05, 0.1) is 5.52 Å². The lowest BCUT2D eigenvalue weighted by Crippen LogP contribution is -2.54. The molecule has 1 aromatic carbocycles. The van der Waals surface area contributed by atoms with Crippen LogP contribution in [-0.4, -0.2) is 42.1 Å². The van der Waals surface area contributed by atoms with Crippen LogP contribution in [0, 0.1) is 0 Å². The number of amides is 1. The molecule has 1 aliphatic heterocycles. The maximum absolute atomic E-state index is 11.9. The smallest absolute Gasteiger partial charge is 0.242 e. The summed E-state index contributed by atoms with van der Waals surface area (Å²) in [5.74, 6) is 1.41. The molecule has 20 heavy (non-hydrogen) atoms. The third-order valence-corrected chi connectivity index (χ3v) is 3.58. The zero-order chi connectivity index (χ0) is 14.1. The van der Waals surface area contributed by atoms with Crippen molar-refractivity contribution in [3.8, 4) is 0 Å². The maximum atomic E-state index is 11.9. The Kier molecular flexibility index (Phi) is 3.14. The highest BCUT2D eigenvalue weighted by Crippen LogP contribution is 2.27. The highest BCUT2D eigenvalue weighted by Gasteiger charge is 2.28. The van der Waals surface area contributed by atoms with Crippen LogP contribution in [0.2, 0.25) is 0 Å². The summed E-state index contributed by atoms with van der Waals surface area (Å²) in [6.45, 7) is 3.28. The van der Waals surface area contributed by atoms with E-state index in [0.717, 1.165) is 23.3 Å². The Balaban J connectivity index is 2.16. The molecule has 1 saturated heterocycles. The molecule has 1 fully saturated rings. The fourth-order valence-electron chi connectivity index (χ4n) is 2.46. The van der Waals surface area contributed by atoms with E-state index in [4.69, 9.17) is 0 Å². The highest BCUT2D eigenvalue weighted by molar-refractivity contribution is 5.94. The van der Waals surface area contributed by atoms with Gasteiger partial charge < -0.3 is 15.5 Å². The van der Waals surface area contributed by atoms with Gasteiger partial charge in [0, 0.05) is 25.5 Å².